The number of ether oxygens (including phenoxy) is 1. The molecule has 1 atom stereocenters. The van der Waals surface area contributed by atoms with Crippen molar-refractivity contribution in [2.24, 2.45) is 0 Å². The van der Waals surface area contributed by atoms with Gasteiger partial charge >= 0.3 is 0 Å². The van der Waals surface area contributed by atoms with Gasteiger partial charge in [-0.15, -0.1) is 0 Å². The van der Waals surface area contributed by atoms with Crippen LogP contribution in [0.15, 0.2) is 41.4 Å². The normalized spacial score (nSPS) is 14.3. The summed E-state index contributed by atoms with van der Waals surface area (Å²) in [6, 6.07) is 7.79. The number of halogens is 1. The van der Waals surface area contributed by atoms with Crippen molar-refractivity contribution >= 4 is 38.1 Å². The number of carbonyl (C=O) groups is 2. The standard InChI is InChI=1S/C26H29FN4O5S2/c1-5-18-19(7-9-22(23(18)27)38(4,34)35)25(33)31-10-11-36-20-8-6-16(12-17(20)14-31)21-13-29-26(37-21)30-24(32)15(2)28-3/h6-9,12-13,15,28H,5,10-11,14H2,1-4H3,(H,29,30,32)/t15-/m0/s1. The highest BCUT2D eigenvalue weighted by molar-refractivity contribution is 7.90. The summed E-state index contributed by atoms with van der Waals surface area (Å²) in [5.74, 6) is -0.833. The maximum absolute atomic E-state index is 15.1. The van der Waals surface area contributed by atoms with E-state index in [9.17, 15) is 18.0 Å². The van der Waals surface area contributed by atoms with Crippen LogP contribution < -0.4 is 15.4 Å². The van der Waals surface area contributed by atoms with E-state index < -0.39 is 26.5 Å². The van der Waals surface area contributed by atoms with Crippen molar-refractivity contribution in [2.45, 2.75) is 37.8 Å². The van der Waals surface area contributed by atoms with Crippen LogP contribution in [0.2, 0.25) is 0 Å². The zero-order valence-corrected chi connectivity index (χ0v) is 23.1. The molecule has 0 bridgehead atoms. The van der Waals surface area contributed by atoms with E-state index >= 15 is 4.39 Å². The summed E-state index contributed by atoms with van der Waals surface area (Å²) in [7, 11) is -2.07. The summed E-state index contributed by atoms with van der Waals surface area (Å²) in [5.41, 5.74) is 1.82. The lowest BCUT2D eigenvalue weighted by Gasteiger charge is -2.22. The van der Waals surface area contributed by atoms with Gasteiger partial charge in [0.25, 0.3) is 5.91 Å². The number of anilines is 1. The molecule has 0 radical (unpaired) electrons. The zero-order valence-electron chi connectivity index (χ0n) is 21.5. The topological polar surface area (TPSA) is 118 Å². The Labute approximate surface area is 225 Å². The van der Waals surface area contributed by atoms with Gasteiger partial charge in [0.05, 0.1) is 17.5 Å². The molecule has 3 aromatic rings. The van der Waals surface area contributed by atoms with Gasteiger partial charge in [0, 0.05) is 35.7 Å². The van der Waals surface area contributed by atoms with E-state index in [4.69, 9.17) is 4.74 Å². The maximum atomic E-state index is 15.1. The fourth-order valence-corrected chi connectivity index (χ4v) is 5.71. The molecule has 2 amide bonds. The number of sulfone groups is 1. The molecule has 4 rings (SSSR count). The highest BCUT2D eigenvalue weighted by Gasteiger charge is 2.27. The van der Waals surface area contributed by atoms with E-state index in [2.05, 4.69) is 15.6 Å². The molecular weight excluding hydrogens is 531 g/mol. The van der Waals surface area contributed by atoms with Crippen LogP contribution >= 0.6 is 11.3 Å². The molecule has 12 heteroatoms. The van der Waals surface area contributed by atoms with Crippen molar-refractivity contribution < 1.29 is 27.1 Å². The van der Waals surface area contributed by atoms with E-state index in [1.165, 1.54) is 17.4 Å². The molecule has 202 valence electrons. The van der Waals surface area contributed by atoms with Crippen molar-refractivity contribution in [2.75, 3.05) is 31.8 Å². The van der Waals surface area contributed by atoms with Crippen LogP contribution in [0.1, 0.15) is 35.3 Å². The molecule has 0 saturated carbocycles. The lowest BCUT2D eigenvalue weighted by molar-refractivity contribution is -0.117. The van der Waals surface area contributed by atoms with Gasteiger partial charge in [-0.05, 0) is 56.3 Å². The molecule has 38 heavy (non-hydrogen) atoms. The van der Waals surface area contributed by atoms with Crippen molar-refractivity contribution in [3.05, 3.63) is 59.0 Å². The SMILES string of the molecule is CCc1c(C(=O)N2CCOc3ccc(-c4cnc(NC(=O)[C@H](C)NC)s4)cc3C2)ccc(S(C)(=O)=O)c1F. The maximum Gasteiger partial charge on any atom is 0.254 e. The average molecular weight is 561 g/mol. The Hall–Kier alpha value is -3.35. The number of nitrogens with one attached hydrogen (secondary N) is 2. The number of fused-ring (bicyclic) bond motifs is 1. The molecule has 0 unspecified atom stereocenters. The van der Waals surface area contributed by atoms with Crippen LogP contribution in [0.25, 0.3) is 10.4 Å². The van der Waals surface area contributed by atoms with Crippen molar-refractivity contribution in [3.8, 4) is 16.2 Å². The number of amides is 2. The summed E-state index contributed by atoms with van der Waals surface area (Å²) in [6.07, 6.45) is 2.78. The number of benzene rings is 2. The molecule has 2 aromatic carbocycles. The number of rotatable bonds is 7. The van der Waals surface area contributed by atoms with Crippen LogP contribution in [0.4, 0.5) is 9.52 Å². The Bertz CT molecular complexity index is 1490. The van der Waals surface area contributed by atoms with Gasteiger partial charge in [0.2, 0.25) is 5.91 Å². The monoisotopic (exact) mass is 560 g/mol. The molecule has 0 fully saturated rings. The van der Waals surface area contributed by atoms with Gasteiger partial charge in [-0.1, -0.05) is 18.3 Å². The first-order valence-electron chi connectivity index (χ1n) is 12.0. The highest BCUT2D eigenvalue weighted by Crippen LogP contribution is 2.34. The summed E-state index contributed by atoms with van der Waals surface area (Å²) in [6.45, 7) is 4.19. The van der Waals surface area contributed by atoms with Gasteiger partial charge in [0.1, 0.15) is 23.1 Å². The minimum absolute atomic E-state index is 0.0730. The first-order valence-corrected chi connectivity index (χ1v) is 14.7. The van der Waals surface area contributed by atoms with E-state index in [0.29, 0.717) is 10.9 Å². The molecule has 2 heterocycles. The number of thiazole rings is 1. The van der Waals surface area contributed by atoms with Crippen LogP contribution in [-0.4, -0.2) is 62.6 Å². The van der Waals surface area contributed by atoms with Gasteiger partial charge < -0.3 is 20.3 Å². The van der Waals surface area contributed by atoms with Crippen LogP contribution in [0, 0.1) is 5.82 Å². The van der Waals surface area contributed by atoms with Crippen molar-refractivity contribution in [3.63, 3.8) is 0 Å². The first kappa shape index (κ1) is 27.7. The third-order valence-corrected chi connectivity index (χ3v) is 8.44. The molecule has 2 N–H and O–H groups in total. The van der Waals surface area contributed by atoms with E-state index in [1.807, 2.05) is 18.2 Å². The lowest BCUT2D eigenvalue weighted by Crippen LogP contribution is -2.35. The molecule has 9 nitrogen and oxygen atoms in total. The molecule has 0 saturated heterocycles. The predicted molar refractivity (Wildman–Crippen MR) is 144 cm³/mol. The minimum Gasteiger partial charge on any atom is -0.491 e. The van der Waals surface area contributed by atoms with Gasteiger partial charge in [0.15, 0.2) is 15.0 Å². The van der Waals surface area contributed by atoms with E-state index in [1.54, 1.807) is 32.0 Å². The first-order chi connectivity index (χ1) is 18.0. The lowest BCUT2D eigenvalue weighted by atomic mass is 10.0. The average Bonchev–Trinajstić information content (AvgIpc) is 3.24. The molecule has 1 aliphatic heterocycles. The van der Waals surface area contributed by atoms with Crippen LogP contribution in [-0.2, 0) is 27.6 Å². The molecular formula is C26H29FN4O5S2. The highest BCUT2D eigenvalue weighted by atomic mass is 32.2. The molecule has 1 aromatic heterocycles. The summed E-state index contributed by atoms with van der Waals surface area (Å²) < 4.78 is 44.8. The second kappa shape index (κ2) is 11.2. The van der Waals surface area contributed by atoms with Gasteiger partial charge in [-0.2, -0.15) is 0 Å². The van der Waals surface area contributed by atoms with Gasteiger partial charge in [-0.25, -0.2) is 17.8 Å². The van der Waals surface area contributed by atoms with Crippen LogP contribution in [0.5, 0.6) is 5.75 Å². The fourth-order valence-electron chi connectivity index (χ4n) is 4.13. The Balaban J connectivity index is 1.60. The van der Waals surface area contributed by atoms with Crippen molar-refractivity contribution in [1.82, 2.24) is 15.2 Å². The Morgan fingerprint density at radius 3 is 2.71 bits per heavy atom. The summed E-state index contributed by atoms with van der Waals surface area (Å²) in [4.78, 5) is 31.9. The molecule has 0 aliphatic carbocycles. The molecule has 0 spiro atoms. The number of carbonyl (C=O) groups excluding carboxylic acids is 2. The largest absolute Gasteiger partial charge is 0.491 e. The summed E-state index contributed by atoms with van der Waals surface area (Å²) in [5, 5.41) is 6.14. The fraction of sp³-hybridized carbons (Fsp3) is 0.346. The Morgan fingerprint density at radius 2 is 2.03 bits per heavy atom. The predicted octanol–water partition coefficient (Wildman–Crippen LogP) is 3.50. The number of nitrogens with zero attached hydrogens (tertiary/aromatic N) is 2. The minimum atomic E-state index is -3.77. The number of hydrogen-bond donors (Lipinski definition) is 2. The van der Waals surface area contributed by atoms with E-state index in [0.717, 1.165) is 28.3 Å². The third kappa shape index (κ3) is 5.71. The molecule has 1 aliphatic rings. The Kier molecular flexibility index (Phi) is 8.14. The smallest absolute Gasteiger partial charge is 0.254 e. The van der Waals surface area contributed by atoms with E-state index in [-0.39, 0.29) is 49.2 Å². The zero-order chi connectivity index (χ0) is 27.6. The Morgan fingerprint density at radius 1 is 1.26 bits per heavy atom. The number of aromatic nitrogens is 1. The number of hydrogen-bond acceptors (Lipinski definition) is 8. The quantitative estimate of drug-likeness (QED) is 0.454. The second-order valence-electron chi connectivity index (χ2n) is 8.96. The van der Waals surface area contributed by atoms with Crippen molar-refractivity contribution in [1.29, 1.82) is 0 Å². The summed E-state index contributed by atoms with van der Waals surface area (Å²) >= 11 is 1.33. The number of likely N-dealkylation sites (N-methyl/N-ethyl adjacent to an activating group) is 1. The van der Waals surface area contributed by atoms with Crippen LogP contribution in [0.3, 0.4) is 0 Å². The van der Waals surface area contributed by atoms with Gasteiger partial charge in [-0.3, -0.25) is 9.59 Å². The third-order valence-electron chi connectivity index (χ3n) is 6.37. The second-order valence-corrected chi connectivity index (χ2v) is 12.0.